The molecule has 2 aliphatic rings. The van der Waals surface area contributed by atoms with Crippen LogP contribution in [0.5, 0.6) is 5.75 Å². The van der Waals surface area contributed by atoms with Crippen molar-refractivity contribution in [3.63, 3.8) is 0 Å². The summed E-state index contributed by atoms with van der Waals surface area (Å²) in [7, 11) is 0. The quantitative estimate of drug-likeness (QED) is 0.306. The van der Waals surface area contributed by atoms with Gasteiger partial charge >= 0.3 is 5.97 Å². The molecule has 168 valence electrons. The van der Waals surface area contributed by atoms with Crippen LogP contribution in [0.1, 0.15) is 26.4 Å². The van der Waals surface area contributed by atoms with Crippen LogP contribution in [0.25, 0.3) is 6.08 Å². The molecule has 0 unspecified atom stereocenters. The lowest BCUT2D eigenvalue weighted by atomic mass is 10.1. The van der Waals surface area contributed by atoms with Crippen molar-refractivity contribution in [3.8, 4) is 5.75 Å². The molecule has 1 amide bonds. The molecule has 9 heteroatoms. The lowest BCUT2D eigenvalue weighted by Gasteiger charge is -2.20. The first-order chi connectivity index (χ1) is 16.5. The number of nitrogens with one attached hydrogen (secondary N) is 1. The Morgan fingerprint density at radius 2 is 1.97 bits per heavy atom. The van der Waals surface area contributed by atoms with Crippen molar-refractivity contribution in [2.75, 3.05) is 0 Å². The molecule has 0 saturated carbocycles. The number of amides is 1. The predicted octanol–water partition coefficient (Wildman–Crippen LogP) is 5.14. The largest absolute Gasteiger partial charge is 0.423 e. The molecule has 0 radical (unpaired) electrons. The van der Waals surface area contributed by atoms with Crippen molar-refractivity contribution in [2.45, 2.75) is 13.3 Å². The molecule has 3 aromatic rings. The van der Waals surface area contributed by atoms with Gasteiger partial charge in [-0.1, -0.05) is 35.9 Å². The topological polar surface area (TPSA) is 95.2 Å². The van der Waals surface area contributed by atoms with Gasteiger partial charge in [-0.25, -0.2) is 4.79 Å². The number of benzene rings is 2. The number of carbonyl (C=O) groups excluding carboxylic acids is 2. The first-order valence-corrected chi connectivity index (χ1v) is 12.1. The van der Waals surface area contributed by atoms with Gasteiger partial charge in [0.2, 0.25) is 5.17 Å². The number of hydrogen-bond acceptors (Lipinski definition) is 7. The Hall–Kier alpha value is -3.82. The predicted molar refractivity (Wildman–Crippen MR) is 136 cm³/mol. The van der Waals surface area contributed by atoms with Crippen molar-refractivity contribution in [2.24, 2.45) is 10.1 Å². The van der Waals surface area contributed by atoms with Crippen LogP contribution < -0.4 is 4.74 Å². The molecule has 3 heterocycles. The Bertz CT molecular complexity index is 1390. The fraction of sp³-hybridized carbons (Fsp3) is 0.0800. The number of thiophene rings is 1. The van der Waals surface area contributed by atoms with Crippen LogP contribution in [-0.4, -0.2) is 32.9 Å². The molecule has 0 fully saturated rings. The van der Waals surface area contributed by atoms with E-state index >= 15 is 0 Å². The molecule has 1 N–H and O–H groups in total. The first kappa shape index (κ1) is 22.0. The van der Waals surface area contributed by atoms with Gasteiger partial charge in [0, 0.05) is 11.3 Å². The number of amidine groups is 2. The zero-order valence-electron chi connectivity index (χ0n) is 18.0. The van der Waals surface area contributed by atoms with Gasteiger partial charge in [0.25, 0.3) is 5.91 Å². The Morgan fingerprint density at radius 3 is 2.71 bits per heavy atom. The van der Waals surface area contributed by atoms with Gasteiger partial charge in [-0.2, -0.15) is 15.1 Å². The molecule has 34 heavy (non-hydrogen) atoms. The third-order valence-electron chi connectivity index (χ3n) is 5.06. The molecule has 0 spiro atoms. The number of esters is 1. The number of carbonyl (C=O) groups is 2. The molecule has 1 aromatic heterocycles. The van der Waals surface area contributed by atoms with Crippen molar-refractivity contribution in [1.82, 2.24) is 5.01 Å². The van der Waals surface area contributed by atoms with E-state index in [2.05, 4.69) is 10.1 Å². The molecule has 7 nitrogen and oxygen atoms in total. The number of aryl methyl sites for hydroxylation is 1. The summed E-state index contributed by atoms with van der Waals surface area (Å²) in [5.74, 6) is -0.550. The highest BCUT2D eigenvalue weighted by molar-refractivity contribution is 8.27. The van der Waals surface area contributed by atoms with Gasteiger partial charge in [0.15, 0.2) is 5.84 Å². The summed E-state index contributed by atoms with van der Waals surface area (Å²) < 4.78 is 5.44. The number of hydrogen-bond donors (Lipinski definition) is 1. The molecule has 0 saturated heterocycles. The lowest BCUT2D eigenvalue weighted by Crippen LogP contribution is -2.35. The van der Waals surface area contributed by atoms with Crippen LogP contribution in [0.3, 0.4) is 0 Å². The summed E-state index contributed by atoms with van der Waals surface area (Å²) in [4.78, 5) is 30.2. The highest BCUT2D eigenvalue weighted by atomic mass is 32.2. The summed E-state index contributed by atoms with van der Waals surface area (Å²) in [5, 5.41) is 17.6. The number of ether oxygens (including phenoxy) is 1. The Kier molecular flexibility index (Phi) is 5.95. The van der Waals surface area contributed by atoms with E-state index in [0.29, 0.717) is 28.5 Å². The van der Waals surface area contributed by atoms with E-state index in [0.717, 1.165) is 15.5 Å². The standard InChI is InChI=1S/C25H18N4O3S2/c1-15-4-2-5-17(12-15)24(31)32-18-9-7-16(8-10-18)13-20-22(26)29-25(27-23(20)30)34-21(28-29)14-19-6-3-11-33-19/h2-13,26H,14H2,1H3. The highest BCUT2D eigenvalue weighted by Crippen LogP contribution is 2.30. The van der Waals surface area contributed by atoms with Gasteiger partial charge in [-0.3, -0.25) is 10.2 Å². The molecular weight excluding hydrogens is 468 g/mol. The normalized spacial score (nSPS) is 16.4. The molecule has 0 bridgehead atoms. The molecular formula is C25H18N4O3S2. The lowest BCUT2D eigenvalue weighted by molar-refractivity contribution is -0.114. The van der Waals surface area contributed by atoms with Crippen LogP contribution in [-0.2, 0) is 11.2 Å². The second kappa shape index (κ2) is 9.20. The number of thioether (sulfide) groups is 1. The van der Waals surface area contributed by atoms with Gasteiger partial charge in [-0.15, -0.1) is 11.3 Å². The van der Waals surface area contributed by atoms with E-state index in [1.165, 1.54) is 16.8 Å². The Labute approximate surface area is 204 Å². The SMILES string of the molecule is Cc1cccc(C(=O)Oc2ccc(C=C3C(=N)N4N=C(Cc5cccs5)SC4=NC3=O)cc2)c1. The van der Waals surface area contributed by atoms with Crippen molar-refractivity contribution >= 4 is 57.1 Å². The van der Waals surface area contributed by atoms with Crippen molar-refractivity contribution < 1.29 is 14.3 Å². The third kappa shape index (κ3) is 4.61. The minimum absolute atomic E-state index is 0.0152. The maximum Gasteiger partial charge on any atom is 0.343 e. The summed E-state index contributed by atoms with van der Waals surface area (Å²) in [5.41, 5.74) is 2.27. The zero-order chi connectivity index (χ0) is 23.7. The van der Waals surface area contributed by atoms with E-state index in [-0.39, 0.29) is 11.4 Å². The smallest absolute Gasteiger partial charge is 0.343 e. The second-order valence-electron chi connectivity index (χ2n) is 7.60. The minimum atomic E-state index is -0.480. The average Bonchev–Trinajstić information content (AvgIpc) is 3.48. The summed E-state index contributed by atoms with van der Waals surface area (Å²) in [6.45, 7) is 1.91. The molecule has 2 aromatic carbocycles. The number of nitrogens with zero attached hydrogens (tertiary/aromatic N) is 3. The van der Waals surface area contributed by atoms with Crippen LogP contribution in [0.4, 0.5) is 0 Å². The highest BCUT2D eigenvalue weighted by Gasteiger charge is 2.35. The third-order valence-corrected chi connectivity index (χ3v) is 6.84. The number of fused-ring (bicyclic) bond motifs is 1. The van der Waals surface area contributed by atoms with Gasteiger partial charge in [0.05, 0.1) is 11.1 Å². The van der Waals surface area contributed by atoms with E-state index in [9.17, 15) is 9.59 Å². The number of rotatable bonds is 5. The molecule has 0 atom stereocenters. The van der Waals surface area contributed by atoms with E-state index in [1.807, 2.05) is 30.5 Å². The van der Waals surface area contributed by atoms with E-state index in [1.54, 1.807) is 59.9 Å². The van der Waals surface area contributed by atoms with Gasteiger partial charge < -0.3 is 4.74 Å². The second-order valence-corrected chi connectivity index (χ2v) is 9.67. The van der Waals surface area contributed by atoms with Crippen LogP contribution in [0.15, 0.2) is 81.7 Å². The molecule has 0 aliphatic carbocycles. The average molecular weight is 487 g/mol. The maximum absolute atomic E-state index is 12.6. The Balaban J connectivity index is 1.31. The minimum Gasteiger partial charge on any atom is -0.423 e. The van der Waals surface area contributed by atoms with Crippen molar-refractivity contribution in [3.05, 3.63) is 93.2 Å². The molecule has 2 aliphatic heterocycles. The van der Waals surface area contributed by atoms with Gasteiger partial charge in [0.1, 0.15) is 10.8 Å². The monoisotopic (exact) mass is 486 g/mol. The summed E-state index contributed by atoms with van der Waals surface area (Å²) >= 11 is 2.95. The number of hydrazone groups is 1. The fourth-order valence-corrected chi connectivity index (χ4v) is 5.11. The van der Waals surface area contributed by atoms with Crippen LogP contribution in [0, 0.1) is 12.3 Å². The maximum atomic E-state index is 12.6. The fourth-order valence-electron chi connectivity index (χ4n) is 3.40. The Morgan fingerprint density at radius 1 is 1.15 bits per heavy atom. The first-order valence-electron chi connectivity index (χ1n) is 10.4. The van der Waals surface area contributed by atoms with Crippen molar-refractivity contribution in [1.29, 1.82) is 5.41 Å². The molecule has 5 rings (SSSR count). The van der Waals surface area contributed by atoms with Crippen LogP contribution in [0.2, 0.25) is 0 Å². The van der Waals surface area contributed by atoms with E-state index < -0.39 is 11.9 Å². The summed E-state index contributed by atoms with van der Waals surface area (Å²) in [6.07, 6.45) is 2.23. The number of aliphatic imine (C=N–C) groups is 1. The van der Waals surface area contributed by atoms with Gasteiger partial charge in [-0.05, 0) is 66.0 Å². The summed E-state index contributed by atoms with van der Waals surface area (Å²) in [6, 6.07) is 17.9. The zero-order valence-corrected chi connectivity index (χ0v) is 19.7. The van der Waals surface area contributed by atoms with E-state index in [4.69, 9.17) is 10.1 Å². The van der Waals surface area contributed by atoms with Crippen LogP contribution >= 0.6 is 23.1 Å².